The molecule has 0 aromatic heterocycles. The van der Waals surface area contributed by atoms with Gasteiger partial charge in [0.15, 0.2) is 0 Å². The monoisotopic (exact) mass is 205 g/mol. The van der Waals surface area contributed by atoms with Crippen LogP contribution in [0.15, 0.2) is 18.2 Å². The highest BCUT2D eigenvalue weighted by molar-refractivity contribution is 6.31. The van der Waals surface area contributed by atoms with Crippen LogP contribution in [0, 0.1) is 0 Å². The van der Waals surface area contributed by atoms with Crippen LogP contribution in [0.2, 0.25) is 5.02 Å². The third-order valence-electron chi connectivity index (χ3n) is 1.42. The smallest absolute Gasteiger partial charge is 0.142 e. The van der Waals surface area contributed by atoms with Gasteiger partial charge < -0.3 is 10.1 Å². The Kier molecular flexibility index (Phi) is 3.50. The molecule has 1 rings (SSSR count). The van der Waals surface area contributed by atoms with E-state index < -0.39 is 0 Å². The van der Waals surface area contributed by atoms with Crippen LogP contribution in [0.5, 0.6) is 5.75 Å². The van der Waals surface area contributed by atoms with Crippen LogP contribution in [0.1, 0.15) is 0 Å². The maximum Gasteiger partial charge on any atom is 0.142 e. The molecule has 0 amide bonds. The maximum absolute atomic E-state index is 5.77. The summed E-state index contributed by atoms with van der Waals surface area (Å²) in [5, 5.41) is 3.58. The molecule has 66 valence electrons. The van der Waals surface area contributed by atoms with E-state index in [0.717, 1.165) is 11.4 Å². The molecule has 1 N–H and O–H groups in total. The predicted molar refractivity (Wildman–Crippen MR) is 52.3 cm³/mol. The molecule has 0 saturated heterocycles. The first kappa shape index (κ1) is 9.49. The minimum Gasteiger partial charge on any atom is -0.495 e. The van der Waals surface area contributed by atoms with Gasteiger partial charge in [0.05, 0.1) is 18.8 Å². The van der Waals surface area contributed by atoms with Crippen molar-refractivity contribution in [1.82, 2.24) is 0 Å². The quantitative estimate of drug-likeness (QED) is 0.606. The molecular formula is C8H9Cl2NO. The molecule has 2 nitrogen and oxygen atoms in total. The molecular weight excluding hydrogens is 197 g/mol. The predicted octanol–water partition coefficient (Wildman–Crippen LogP) is 2.96. The van der Waals surface area contributed by atoms with Crippen molar-refractivity contribution in [2.45, 2.75) is 0 Å². The standard InChI is InChI=1S/C8H9Cl2NO/c1-12-8-3-2-6(10)4-7(8)11-5-9/h2-4,11H,5H2,1H3. The Bertz CT molecular complexity index is 265. The summed E-state index contributed by atoms with van der Waals surface area (Å²) in [6.45, 7) is 0. The molecule has 0 atom stereocenters. The molecule has 0 bridgehead atoms. The van der Waals surface area contributed by atoms with Gasteiger partial charge in [-0.25, -0.2) is 0 Å². The Balaban J connectivity index is 2.95. The summed E-state index contributed by atoms with van der Waals surface area (Å²) < 4.78 is 5.07. The number of alkyl halides is 1. The van der Waals surface area contributed by atoms with Gasteiger partial charge >= 0.3 is 0 Å². The Morgan fingerprint density at radius 2 is 2.25 bits per heavy atom. The van der Waals surface area contributed by atoms with Crippen molar-refractivity contribution in [2.75, 3.05) is 18.4 Å². The van der Waals surface area contributed by atoms with Gasteiger partial charge in [-0.05, 0) is 18.2 Å². The minimum absolute atomic E-state index is 0.330. The van der Waals surface area contributed by atoms with Gasteiger partial charge in [-0.1, -0.05) is 11.6 Å². The maximum atomic E-state index is 5.77. The van der Waals surface area contributed by atoms with E-state index >= 15 is 0 Å². The van der Waals surface area contributed by atoms with Crippen molar-refractivity contribution in [3.8, 4) is 5.75 Å². The summed E-state index contributed by atoms with van der Waals surface area (Å²) in [6, 6.07) is 5.65. The SMILES string of the molecule is COc1ccc(Cl)cc1NCCl. The number of halogens is 2. The molecule has 0 spiro atoms. The number of hydrogen-bond donors (Lipinski definition) is 1. The van der Waals surface area contributed by atoms with E-state index in [1.807, 2.05) is 0 Å². The van der Waals surface area contributed by atoms with E-state index in [1.54, 1.807) is 25.3 Å². The molecule has 0 heterocycles. The van der Waals surface area contributed by atoms with Crippen molar-refractivity contribution in [3.63, 3.8) is 0 Å². The van der Waals surface area contributed by atoms with E-state index in [4.69, 9.17) is 27.9 Å². The largest absolute Gasteiger partial charge is 0.495 e. The molecule has 0 radical (unpaired) electrons. The fourth-order valence-corrected chi connectivity index (χ4v) is 1.21. The fraction of sp³-hybridized carbons (Fsp3) is 0.250. The molecule has 1 aromatic carbocycles. The zero-order valence-electron chi connectivity index (χ0n) is 6.60. The van der Waals surface area contributed by atoms with Crippen molar-refractivity contribution >= 4 is 28.9 Å². The molecule has 0 aliphatic heterocycles. The first-order valence-corrected chi connectivity index (χ1v) is 4.32. The van der Waals surface area contributed by atoms with E-state index in [0.29, 0.717) is 11.0 Å². The van der Waals surface area contributed by atoms with Gasteiger partial charge in [0.25, 0.3) is 0 Å². The summed E-state index contributed by atoms with van der Waals surface area (Å²) >= 11 is 11.3. The molecule has 0 aliphatic carbocycles. The summed E-state index contributed by atoms with van der Waals surface area (Å²) in [4.78, 5) is 0. The van der Waals surface area contributed by atoms with Crippen molar-refractivity contribution in [1.29, 1.82) is 0 Å². The highest BCUT2D eigenvalue weighted by Gasteiger charge is 2.01. The van der Waals surface area contributed by atoms with Crippen molar-refractivity contribution < 1.29 is 4.74 Å². The van der Waals surface area contributed by atoms with E-state index in [1.165, 1.54) is 0 Å². The lowest BCUT2D eigenvalue weighted by molar-refractivity contribution is 0.416. The van der Waals surface area contributed by atoms with E-state index in [9.17, 15) is 0 Å². The number of nitrogens with one attached hydrogen (secondary N) is 1. The van der Waals surface area contributed by atoms with Crippen molar-refractivity contribution in [3.05, 3.63) is 23.2 Å². The molecule has 0 aliphatic rings. The van der Waals surface area contributed by atoms with Gasteiger partial charge in [0.2, 0.25) is 0 Å². The van der Waals surface area contributed by atoms with Gasteiger partial charge in [-0.3, -0.25) is 0 Å². The van der Waals surface area contributed by atoms with Crippen LogP contribution in [0.25, 0.3) is 0 Å². The molecule has 12 heavy (non-hydrogen) atoms. The Morgan fingerprint density at radius 1 is 1.50 bits per heavy atom. The Hall–Kier alpha value is -0.600. The zero-order valence-corrected chi connectivity index (χ0v) is 8.12. The van der Waals surface area contributed by atoms with Crippen LogP contribution < -0.4 is 10.1 Å². The van der Waals surface area contributed by atoms with E-state index in [2.05, 4.69) is 5.32 Å². The summed E-state index contributed by atoms with van der Waals surface area (Å²) in [6.07, 6.45) is 0. The van der Waals surface area contributed by atoms with Gasteiger partial charge in [-0.2, -0.15) is 0 Å². The highest BCUT2D eigenvalue weighted by atomic mass is 35.5. The van der Waals surface area contributed by atoms with E-state index in [-0.39, 0.29) is 0 Å². The Labute approximate surface area is 81.4 Å². The first-order valence-electron chi connectivity index (χ1n) is 3.41. The average Bonchev–Trinajstić information content (AvgIpc) is 2.05. The molecule has 0 saturated carbocycles. The first-order chi connectivity index (χ1) is 5.77. The van der Waals surface area contributed by atoms with Gasteiger partial charge in [0, 0.05) is 5.02 Å². The summed E-state index contributed by atoms with van der Waals surface area (Å²) in [7, 11) is 1.60. The normalized spacial score (nSPS) is 9.58. The van der Waals surface area contributed by atoms with Crippen LogP contribution in [0.4, 0.5) is 5.69 Å². The molecule has 4 heteroatoms. The van der Waals surface area contributed by atoms with Crippen LogP contribution in [0.3, 0.4) is 0 Å². The number of rotatable bonds is 3. The zero-order chi connectivity index (χ0) is 8.97. The molecule has 0 fully saturated rings. The lowest BCUT2D eigenvalue weighted by atomic mass is 10.3. The lowest BCUT2D eigenvalue weighted by Gasteiger charge is -2.08. The second-order valence-electron chi connectivity index (χ2n) is 2.16. The topological polar surface area (TPSA) is 21.3 Å². The summed E-state index contributed by atoms with van der Waals surface area (Å²) in [5.74, 6) is 0.736. The number of hydrogen-bond acceptors (Lipinski definition) is 2. The number of methoxy groups -OCH3 is 1. The van der Waals surface area contributed by atoms with Gasteiger partial charge in [-0.15, -0.1) is 11.6 Å². The number of anilines is 1. The highest BCUT2D eigenvalue weighted by Crippen LogP contribution is 2.27. The minimum atomic E-state index is 0.330. The summed E-state index contributed by atoms with van der Waals surface area (Å²) in [5.41, 5.74) is 0.806. The lowest BCUT2D eigenvalue weighted by Crippen LogP contribution is -1.97. The number of ether oxygens (including phenoxy) is 1. The second-order valence-corrected chi connectivity index (χ2v) is 2.86. The number of benzene rings is 1. The third-order valence-corrected chi connectivity index (χ3v) is 1.79. The van der Waals surface area contributed by atoms with Crippen LogP contribution in [-0.2, 0) is 0 Å². The van der Waals surface area contributed by atoms with Crippen molar-refractivity contribution in [2.24, 2.45) is 0 Å². The van der Waals surface area contributed by atoms with Gasteiger partial charge in [0.1, 0.15) is 5.75 Å². The molecule has 1 aromatic rings. The Morgan fingerprint density at radius 3 is 2.83 bits per heavy atom. The molecule has 0 unspecified atom stereocenters. The van der Waals surface area contributed by atoms with Crippen LogP contribution in [-0.4, -0.2) is 13.1 Å². The van der Waals surface area contributed by atoms with Crippen LogP contribution >= 0.6 is 23.2 Å². The fourth-order valence-electron chi connectivity index (χ4n) is 0.890. The third kappa shape index (κ3) is 2.19. The second kappa shape index (κ2) is 4.43. The average molecular weight is 206 g/mol.